The second kappa shape index (κ2) is 8.25. The Morgan fingerprint density at radius 3 is 2.64 bits per heavy atom. The van der Waals surface area contributed by atoms with E-state index >= 15 is 0 Å². The first-order chi connectivity index (χ1) is 11.8. The topological polar surface area (TPSA) is 64.8 Å². The summed E-state index contributed by atoms with van der Waals surface area (Å²) in [5, 5.41) is 4.24. The first kappa shape index (κ1) is 19.1. The zero-order valence-corrected chi connectivity index (χ0v) is 15.9. The summed E-state index contributed by atoms with van der Waals surface area (Å²) in [5.74, 6) is 1.73. The van der Waals surface area contributed by atoms with Crippen LogP contribution >= 0.6 is 11.6 Å². The van der Waals surface area contributed by atoms with E-state index < -0.39 is 0 Å². The molecule has 0 spiro atoms. The second-order valence-corrected chi connectivity index (χ2v) is 6.69. The van der Waals surface area contributed by atoms with Crippen molar-refractivity contribution in [3.05, 3.63) is 40.2 Å². The average Bonchev–Trinajstić information content (AvgIpc) is 2.96. The Hall–Kier alpha value is -2.21. The van der Waals surface area contributed by atoms with Crippen molar-refractivity contribution in [1.29, 1.82) is 0 Å². The third-order valence-corrected chi connectivity index (χ3v) is 3.74. The maximum atomic E-state index is 12.7. The largest absolute Gasteiger partial charge is 0.493 e. The molecule has 2 rings (SSSR count). The van der Waals surface area contributed by atoms with Crippen LogP contribution in [0.5, 0.6) is 11.5 Å². The lowest BCUT2D eigenvalue weighted by Crippen LogP contribution is -2.26. The molecule has 0 unspecified atom stereocenters. The zero-order chi connectivity index (χ0) is 18.6. The number of benzene rings is 1. The van der Waals surface area contributed by atoms with E-state index in [2.05, 4.69) is 5.16 Å². The van der Waals surface area contributed by atoms with Crippen molar-refractivity contribution in [1.82, 2.24) is 10.1 Å². The molecule has 0 N–H and O–H groups in total. The molecule has 6 nitrogen and oxygen atoms in total. The Labute approximate surface area is 152 Å². The van der Waals surface area contributed by atoms with E-state index in [1.165, 1.54) is 12.0 Å². The van der Waals surface area contributed by atoms with Gasteiger partial charge in [-0.2, -0.15) is 0 Å². The summed E-state index contributed by atoms with van der Waals surface area (Å²) in [6.45, 7) is 6.73. The van der Waals surface area contributed by atoms with Crippen LogP contribution in [0.4, 0.5) is 0 Å². The van der Waals surface area contributed by atoms with Crippen LogP contribution in [0.1, 0.15) is 35.7 Å². The highest BCUT2D eigenvalue weighted by Crippen LogP contribution is 2.37. The zero-order valence-electron chi connectivity index (χ0n) is 15.1. The first-order valence-electron chi connectivity index (χ1n) is 7.99. The summed E-state index contributed by atoms with van der Waals surface area (Å²) in [6, 6.07) is 5.02. The third-order valence-electron chi connectivity index (χ3n) is 3.46. The molecule has 1 amide bonds. The molecule has 1 heterocycles. The highest BCUT2D eigenvalue weighted by atomic mass is 35.5. The Balaban J connectivity index is 2.20. The number of aryl methyl sites for hydroxylation is 1. The van der Waals surface area contributed by atoms with E-state index in [0.29, 0.717) is 52.6 Å². The van der Waals surface area contributed by atoms with Crippen molar-refractivity contribution in [3.63, 3.8) is 0 Å². The number of rotatable bonds is 7. The summed E-state index contributed by atoms with van der Waals surface area (Å²) in [7, 11) is 3.21. The van der Waals surface area contributed by atoms with Crippen molar-refractivity contribution >= 4 is 17.5 Å². The minimum atomic E-state index is -0.198. The van der Waals surface area contributed by atoms with Gasteiger partial charge in [0.1, 0.15) is 11.5 Å². The van der Waals surface area contributed by atoms with Crippen molar-refractivity contribution in [3.8, 4) is 11.5 Å². The predicted molar refractivity (Wildman–Crippen MR) is 95.4 cm³/mol. The molecule has 0 aliphatic carbocycles. The Morgan fingerprint density at radius 2 is 2.08 bits per heavy atom. The van der Waals surface area contributed by atoms with Gasteiger partial charge in [0, 0.05) is 18.7 Å². The molecule has 7 heteroatoms. The lowest BCUT2D eigenvalue weighted by molar-refractivity contribution is 0.0781. The number of halogens is 1. The van der Waals surface area contributed by atoms with E-state index in [1.807, 2.05) is 13.8 Å². The van der Waals surface area contributed by atoms with Gasteiger partial charge in [-0.05, 0) is 25.0 Å². The van der Waals surface area contributed by atoms with Gasteiger partial charge in [-0.3, -0.25) is 4.79 Å². The van der Waals surface area contributed by atoms with Gasteiger partial charge < -0.3 is 18.9 Å². The number of carbonyl (C=O) groups excluding carboxylic acids is 1. The number of amides is 1. The van der Waals surface area contributed by atoms with Crippen LogP contribution in [0, 0.1) is 12.8 Å². The standard InChI is InChI=1S/C18H23ClN2O4/c1-11(2)10-24-17-15(19)7-13(8-16(17)23-5)18(22)21(4)9-14-6-12(3)25-20-14/h6-8,11H,9-10H2,1-5H3. The molecule has 25 heavy (non-hydrogen) atoms. The lowest BCUT2D eigenvalue weighted by Gasteiger charge is -2.18. The summed E-state index contributed by atoms with van der Waals surface area (Å²) in [4.78, 5) is 14.2. The van der Waals surface area contributed by atoms with Crippen molar-refractivity contribution in [2.75, 3.05) is 20.8 Å². The maximum absolute atomic E-state index is 12.7. The summed E-state index contributed by atoms with van der Waals surface area (Å²) in [5.41, 5.74) is 1.10. The van der Waals surface area contributed by atoms with E-state index in [9.17, 15) is 4.79 Å². The van der Waals surface area contributed by atoms with E-state index in [1.54, 1.807) is 32.2 Å². The van der Waals surface area contributed by atoms with Gasteiger partial charge in [0.25, 0.3) is 5.91 Å². The fourth-order valence-corrected chi connectivity index (χ4v) is 2.53. The van der Waals surface area contributed by atoms with Crippen LogP contribution in [-0.2, 0) is 6.54 Å². The van der Waals surface area contributed by atoms with Crippen LogP contribution in [-0.4, -0.2) is 36.7 Å². The van der Waals surface area contributed by atoms with Crippen LogP contribution < -0.4 is 9.47 Å². The van der Waals surface area contributed by atoms with Gasteiger partial charge >= 0.3 is 0 Å². The molecule has 0 bridgehead atoms. The van der Waals surface area contributed by atoms with Gasteiger partial charge in [-0.15, -0.1) is 0 Å². The molecule has 1 aromatic carbocycles. The van der Waals surface area contributed by atoms with Gasteiger partial charge in [0.2, 0.25) is 0 Å². The smallest absolute Gasteiger partial charge is 0.254 e. The van der Waals surface area contributed by atoms with Crippen LogP contribution in [0.3, 0.4) is 0 Å². The number of carbonyl (C=O) groups is 1. The van der Waals surface area contributed by atoms with Gasteiger partial charge in [-0.25, -0.2) is 0 Å². The van der Waals surface area contributed by atoms with Crippen molar-refractivity contribution in [2.24, 2.45) is 5.92 Å². The van der Waals surface area contributed by atoms with Crippen LogP contribution in [0.15, 0.2) is 22.7 Å². The molecule has 136 valence electrons. The predicted octanol–water partition coefficient (Wildman–Crippen LogP) is 3.95. The fourth-order valence-electron chi connectivity index (χ4n) is 2.26. The number of hydrogen-bond acceptors (Lipinski definition) is 5. The molecule has 0 aliphatic heterocycles. The number of aromatic nitrogens is 1. The Kier molecular flexibility index (Phi) is 6.31. The highest BCUT2D eigenvalue weighted by Gasteiger charge is 2.19. The number of ether oxygens (including phenoxy) is 2. The molecule has 0 fully saturated rings. The quantitative estimate of drug-likeness (QED) is 0.742. The van der Waals surface area contributed by atoms with E-state index in [-0.39, 0.29) is 5.91 Å². The molecule has 1 aromatic heterocycles. The van der Waals surface area contributed by atoms with Gasteiger partial charge in [0.15, 0.2) is 11.5 Å². The summed E-state index contributed by atoms with van der Waals surface area (Å²) >= 11 is 6.31. The number of nitrogens with zero attached hydrogens (tertiary/aromatic N) is 2. The van der Waals surface area contributed by atoms with Gasteiger partial charge in [-0.1, -0.05) is 30.6 Å². The summed E-state index contributed by atoms with van der Waals surface area (Å²) in [6.07, 6.45) is 0. The summed E-state index contributed by atoms with van der Waals surface area (Å²) < 4.78 is 16.1. The molecule has 0 radical (unpaired) electrons. The lowest BCUT2D eigenvalue weighted by atomic mass is 10.1. The highest BCUT2D eigenvalue weighted by molar-refractivity contribution is 6.32. The van der Waals surface area contributed by atoms with Crippen molar-refractivity contribution < 1.29 is 18.8 Å². The Morgan fingerprint density at radius 1 is 1.36 bits per heavy atom. The van der Waals surface area contributed by atoms with E-state index in [4.69, 9.17) is 25.6 Å². The normalized spacial score (nSPS) is 10.8. The minimum Gasteiger partial charge on any atom is -0.493 e. The van der Waals surface area contributed by atoms with Gasteiger partial charge in [0.05, 0.1) is 25.3 Å². The number of hydrogen-bond donors (Lipinski definition) is 0. The molecule has 0 saturated heterocycles. The Bertz CT molecular complexity index is 743. The molecule has 0 saturated carbocycles. The monoisotopic (exact) mass is 366 g/mol. The van der Waals surface area contributed by atoms with E-state index in [0.717, 1.165) is 0 Å². The van der Waals surface area contributed by atoms with Crippen LogP contribution in [0.25, 0.3) is 0 Å². The average molecular weight is 367 g/mol. The van der Waals surface area contributed by atoms with Crippen molar-refractivity contribution in [2.45, 2.75) is 27.3 Å². The minimum absolute atomic E-state index is 0.198. The maximum Gasteiger partial charge on any atom is 0.254 e. The third kappa shape index (κ3) is 4.89. The fraction of sp³-hybridized carbons (Fsp3) is 0.444. The van der Waals surface area contributed by atoms with Crippen LogP contribution in [0.2, 0.25) is 5.02 Å². The molecule has 2 aromatic rings. The molecular weight excluding hydrogens is 344 g/mol. The molecule has 0 atom stereocenters. The molecule has 0 aliphatic rings. The second-order valence-electron chi connectivity index (χ2n) is 6.28. The molecular formula is C18H23ClN2O4. The first-order valence-corrected chi connectivity index (χ1v) is 8.37. The number of methoxy groups -OCH3 is 1. The SMILES string of the molecule is COc1cc(C(=O)N(C)Cc2cc(C)on2)cc(Cl)c1OCC(C)C.